The van der Waals surface area contributed by atoms with Crippen LogP contribution in [0.3, 0.4) is 0 Å². The van der Waals surface area contributed by atoms with Gasteiger partial charge in [-0.3, -0.25) is 4.31 Å². The lowest BCUT2D eigenvalue weighted by atomic mass is 10.3. The molecule has 0 spiro atoms. The van der Waals surface area contributed by atoms with E-state index < -0.39 is 10.0 Å². The summed E-state index contributed by atoms with van der Waals surface area (Å²) in [6, 6.07) is 8.28. The number of thiocarbonyl (C=S) groups is 1. The fourth-order valence-corrected chi connectivity index (χ4v) is 5.13. The van der Waals surface area contributed by atoms with Crippen LogP contribution in [0.25, 0.3) is 5.76 Å². The number of aliphatic hydroxyl groups is 1. The van der Waals surface area contributed by atoms with E-state index in [-0.39, 0.29) is 15.7 Å². The Morgan fingerprint density at radius 1 is 1.30 bits per heavy atom. The summed E-state index contributed by atoms with van der Waals surface area (Å²) in [5.41, 5.74) is 1.01. The quantitative estimate of drug-likeness (QED) is 0.767. The summed E-state index contributed by atoms with van der Waals surface area (Å²) in [7, 11) is -2.49. The predicted octanol–water partition coefficient (Wildman–Crippen LogP) is 3.85. The van der Waals surface area contributed by atoms with E-state index in [9.17, 15) is 13.5 Å². The van der Waals surface area contributed by atoms with E-state index in [1.54, 1.807) is 35.7 Å². The molecule has 1 aromatic carbocycles. The molecule has 0 amide bonds. The number of halogens is 1. The van der Waals surface area contributed by atoms with Crippen molar-refractivity contribution in [2.24, 2.45) is 0 Å². The first kappa shape index (κ1) is 16.3. The molecule has 23 heavy (non-hydrogen) atoms. The molecule has 2 N–H and O–H groups in total. The highest BCUT2D eigenvalue weighted by atomic mass is 35.5. The number of aliphatic hydroxyl groups excluding tert-OH is 1. The highest BCUT2D eigenvalue weighted by molar-refractivity contribution is 7.99. The van der Waals surface area contributed by atoms with Crippen LogP contribution in [0.5, 0.6) is 0 Å². The molecule has 1 aromatic heterocycles. The van der Waals surface area contributed by atoms with Gasteiger partial charge in [0, 0.05) is 17.8 Å². The van der Waals surface area contributed by atoms with Gasteiger partial charge in [0.2, 0.25) is 0 Å². The maximum atomic E-state index is 12.6. The molecule has 1 aliphatic rings. The van der Waals surface area contributed by atoms with Crippen LogP contribution in [0.15, 0.2) is 40.6 Å². The molecule has 120 valence electrons. The summed E-state index contributed by atoms with van der Waals surface area (Å²) in [4.78, 5) is 0.0909. The van der Waals surface area contributed by atoms with Crippen molar-refractivity contribution in [1.82, 2.24) is 0 Å². The van der Waals surface area contributed by atoms with Gasteiger partial charge in [-0.2, -0.15) is 0 Å². The zero-order chi connectivity index (χ0) is 16.8. The number of fused-ring (bicyclic) bond motifs is 1. The normalized spacial score (nSPS) is 16.2. The van der Waals surface area contributed by atoms with E-state index in [2.05, 4.69) is 5.32 Å². The topological polar surface area (TPSA) is 69.6 Å². The number of thiophene rings is 1. The number of sulfonamides is 1. The summed E-state index contributed by atoms with van der Waals surface area (Å²) in [5.74, 6) is -0.334. The zero-order valence-electron chi connectivity index (χ0n) is 11.8. The Hall–Kier alpha value is -1.61. The van der Waals surface area contributed by atoms with Crippen molar-refractivity contribution in [2.75, 3.05) is 16.7 Å². The maximum absolute atomic E-state index is 12.6. The van der Waals surface area contributed by atoms with Crippen LogP contribution >= 0.6 is 35.2 Å². The first-order valence-corrected chi connectivity index (χ1v) is 9.50. The number of hydrogen-bond donors (Lipinski definition) is 2. The Labute approximate surface area is 147 Å². The van der Waals surface area contributed by atoms with E-state index in [1.807, 2.05) is 0 Å². The molecule has 0 atom stereocenters. The average Bonchev–Trinajstić information content (AvgIpc) is 2.97. The van der Waals surface area contributed by atoms with Gasteiger partial charge >= 0.3 is 0 Å². The molecule has 2 heterocycles. The van der Waals surface area contributed by atoms with Crippen LogP contribution < -0.4 is 9.62 Å². The lowest BCUT2D eigenvalue weighted by Crippen LogP contribution is -2.35. The Morgan fingerprint density at radius 2 is 1.96 bits per heavy atom. The summed E-state index contributed by atoms with van der Waals surface area (Å²) in [6.07, 6.45) is 0. The highest BCUT2D eigenvalue weighted by Crippen LogP contribution is 2.41. The number of nitrogens with zero attached hydrogens (tertiary/aromatic N) is 1. The van der Waals surface area contributed by atoms with E-state index >= 15 is 0 Å². The number of hydrogen-bond acceptors (Lipinski definition) is 5. The minimum Gasteiger partial charge on any atom is -0.505 e. The van der Waals surface area contributed by atoms with Gasteiger partial charge in [0.05, 0.1) is 10.6 Å². The number of rotatable bonds is 2. The fraction of sp³-hybridized carbons (Fsp3) is 0.0714. The molecular weight excluding hydrogens is 376 g/mol. The minimum absolute atomic E-state index is 0.0734. The molecule has 0 aliphatic carbocycles. The maximum Gasteiger partial charge on any atom is 0.270 e. The second-order valence-electron chi connectivity index (χ2n) is 4.75. The van der Waals surface area contributed by atoms with Gasteiger partial charge in [-0.25, -0.2) is 8.42 Å². The van der Waals surface area contributed by atoms with E-state index in [0.29, 0.717) is 21.3 Å². The van der Waals surface area contributed by atoms with E-state index in [1.165, 1.54) is 18.4 Å². The Balaban J connectivity index is 2.05. The summed E-state index contributed by atoms with van der Waals surface area (Å²) < 4.78 is 26.4. The van der Waals surface area contributed by atoms with Crippen LogP contribution in [-0.4, -0.2) is 25.6 Å². The predicted molar refractivity (Wildman–Crippen MR) is 98.9 cm³/mol. The Bertz CT molecular complexity index is 917. The van der Waals surface area contributed by atoms with Crippen molar-refractivity contribution in [3.05, 3.63) is 50.5 Å². The van der Waals surface area contributed by atoms with Crippen LogP contribution in [0.4, 0.5) is 11.4 Å². The molecule has 0 saturated carbocycles. The van der Waals surface area contributed by atoms with Crippen LogP contribution in [0.1, 0.15) is 4.88 Å². The van der Waals surface area contributed by atoms with Crippen LogP contribution in [0, 0.1) is 0 Å². The van der Waals surface area contributed by atoms with Crippen molar-refractivity contribution in [3.8, 4) is 0 Å². The molecular formula is C14H11ClN2O3S3. The van der Waals surface area contributed by atoms with Crippen LogP contribution in [0.2, 0.25) is 5.02 Å². The molecule has 0 radical (unpaired) electrons. The fourth-order valence-electron chi connectivity index (χ4n) is 2.17. The molecule has 0 bridgehead atoms. The lowest BCUT2D eigenvalue weighted by Gasteiger charge is -2.27. The van der Waals surface area contributed by atoms with Gasteiger partial charge in [-0.05, 0) is 35.7 Å². The minimum atomic E-state index is -3.92. The SMILES string of the molecule is CN1c2ccsc2C(O)=C(C(=S)Nc2ccc(Cl)cc2)S1(=O)=O. The molecule has 3 rings (SSSR count). The van der Waals surface area contributed by atoms with Gasteiger partial charge < -0.3 is 10.4 Å². The molecule has 9 heteroatoms. The second kappa shape index (κ2) is 5.79. The summed E-state index contributed by atoms with van der Waals surface area (Å²) >= 11 is 12.3. The Morgan fingerprint density at radius 3 is 2.61 bits per heavy atom. The Kier molecular flexibility index (Phi) is 4.09. The van der Waals surface area contributed by atoms with Crippen molar-refractivity contribution < 1.29 is 13.5 Å². The lowest BCUT2D eigenvalue weighted by molar-refractivity contribution is 0.511. The van der Waals surface area contributed by atoms with Crippen molar-refractivity contribution in [3.63, 3.8) is 0 Å². The third kappa shape index (κ3) is 2.72. The van der Waals surface area contributed by atoms with Crippen molar-refractivity contribution >= 4 is 67.3 Å². The molecule has 0 saturated heterocycles. The van der Waals surface area contributed by atoms with Crippen LogP contribution in [-0.2, 0) is 10.0 Å². The third-order valence-electron chi connectivity index (χ3n) is 3.34. The largest absolute Gasteiger partial charge is 0.505 e. The number of anilines is 2. The van der Waals surface area contributed by atoms with E-state index in [4.69, 9.17) is 23.8 Å². The van der Waals surface area contributed by atoms with Crippen molar-refractivity contribution in [1.29, 1.82) is 0 Å². The van der Waals surface area contributed by atoms with Gasteiger partial charge in [0.1, 0.15) is 4.99 Å². The monoisotopic (exact) mass is 386 g/mol. The molecule has 5 nitrogen and oxygen atoms in total. The zero-order valence-corrected chi connectivity index (χ0v) is 15.0. The number of benzene rings is 1. The first-order chi connectivity index (χ1) is 10.8. The molecule has 0 fully saturated rings. The summed E-state index contributed by atoms with van der Waals surface area (Å²) in [5, 5.41) is 15.5. The van der Waals surface area contributed by atoms with Gasteiger partial charge in [-0.15, -0.1) is 11.3 Å². The second-order valence-corrected chi connectivity index (χ2v) is 8.41. The summed E-state index contributed by atoms with van der Waals surface area (Å²) in [6.45, 7) is 0. The smallest absolute Gasteiger partial charge is 0.270 e. The third-order valence-corrected chi connectivity index (χ3v) is 6.77. The number of nitrogens with one attached hydrogen (secondary N) is 1. The highest BCUT2D eigenvalue weighted by Gasteiger charge is 2.38. The molecule has 0 unspecified atom stereocenters. The van der Waals surface area contributed by atoms with Gasteiger partial charge in [0.15, 0.2) is 10.7 Å². The first-order valence-electron chi connectivity index (χ1n) is 6.39. The van der Waals surface area contributed by atoms with Crippen molar-refractivity contribution in [2.45, 2.75) is 0 Å². The van der Waals surface area contributed by atoms with E-state index in [0.717, 1.165) is 4.31 Å². The molecule has 1 aliphatic heterocycles. The van der Waals surface area contributed by atoms with Gasteiger partial charge in [-0.1, -0.05) is 23.8 Å². The van der Waals surface area contributed by atoms with Gasteiger partial charge in [0.25, 0.3) is 10.0 Å². The average molecular weight is 387 g/mol. The standard InChI is InChI=1S/C14H11ClN2O3S3/c1-17-10-6-7-22-12(10)11(18)13(23(17,19)20)14(21)16-9-4-2-8(15)3-5-9/h2-7,18H,1H3,(H,16,21). The molecule has 2 aromatic rings.